The Morgan fingerprint density at radius 1 is 1.50 bits per heavy atom. The summed E-state index contributed by atoms with van der Waals surface area (Å²) < 4.78 is 1.03. The van der Waals surface area contributed by atoms with Gasteiger partial charge in [0, 0.05) is 9.45 Å². The van der Waals surface area contributed by atoms with Crippen molar-refractivity contribution in [2.24, 2.45) is 0 Å². The minimum Gasteiger partial charge on any atom is -0.0840 e. The Kier molecular flexibility index (Phi) is 2.98. The highest BCUT2D eigenvalue weighted by atomic mass is 127. The standard InChI is InChI=1S/C8H8ClI/c1-6-7(5-10)3-2-4-8(6)9/h2-4H,5H2,1H3. The molecule has 1 aromatic rings. The summed E-state index contributed by atoms with van der Waals surface area (Å²) in [6.45, 7) is 2.05. The monoisotopic (exact) mass is 266 g/mol. The highest BCUT2D eigenvalue weighted by molar-refractivity contribution is 14.1. The molecule has 0 spiro atoms. The summed E-state index contributed by atoms with van der Waals surface area (Å²) in [5.74, 6) is 0. The number of hydrogen-bond acceptors (Lipinski definition) is 0. The van der Waals surface area contributed by atoms with Crippen molar-refractivity contribution in [3.63, 3.8) is 0 Å². The molecule has 0 saturated carbocycles. The number of benzene rings is 1. The SMILES string of the molecule is Cc1c(Cl)cccc1CI. The van der Waals surface area contributed by atoms with Crippen molar-refractivity contribution in [3.05, 3.63) is 34.3 Å². The van der Waals surface area contributed by atoms with E-state index in [4.69, 9.17) is 11.6 Å². The molecule has 1 rings (SSSR count). The van der Waals surface area contributed by atoms with E-state index >= 15 is 0 Å². The van der Waals surface area contributed by atoms with Crippen molar-refractivity contribution in [1.29, 1.82) is 0 Å². The lowest BCUT2D eigenvalue weighted by atomic mass is 10.1. The van der Waals surface area contributed by atoms with Crippen molar-refractivity contribution < 1.29 is 0 Å². The predicted molar refractivity (Wildman–Crippen MR) is 53.9 cm³/mol. The maximum absolute atomic E-state index is 5.89. The number of halogens is 2. The first-order valence-corrected chi connectivity index (χ1v) is 4.96. The Morgan fingerprint density at radius 3 is 2.70 bits per heavy atom. The van der Waals surface area contributed by atoms with E-state index in [-0.39, 0.29) is 0 Å². The van der Waals surface area contributed by atoms with Gasteiger partial charge in [-0.15, -0.1) is 0 Å². The molecule has 0 radical (unpaired) electrons. The van der Waals surface area contributed by atoms with Crippen molar-refractivity contribution in [2.75, 3.05) is 0 Å². The van der Waals surface area contributed by atoms with Crippen LogP contribution >= 0.6 is 34.2 Å². The van der Waals surface area contributed by atoms with Gasteiger partial charge in [-0.2, -0.15) is 0 Å². The quantitative estimate of drug-likeness (QED) is 0.538. The molecule has 0 saturated heterocycles. The molecule has 10 heavy (non-hydrogen) atoms. The third kappa shape index (κ3) is 1.64. The van der Waals surface area contributed by atoms with Gasteiger partial charge in [0.05, 0.1) is 0 Å². The van der Waals surface area contributed by atoms with Gasteiger partial charge in [0.25, 0.3) is 0 Å². The van der Waals surface area contributed by atoms with Gasteiger partial charge in [0.1, 0.15) is 0 Å². The summed E-state index contributed by atoms with van der Waals surface area (Å²) in [6, 6.07) is 6.02. The maximum Gasteiger partial charge on any atom is 0.0438 e. The van der Waals surface area contributed by atoms with Gasteiger partial charge < -0.3 is 0 Å². The number of rotatable bonds is 1. The van der Waals surface area contributed by atoms with E-state index < -0.39 is 0 Å². The Labute approximate surface area is 79.7 Å². The van der Waals surface area contributed by atoms with Crippen molar-refractivity contribution in [2.45, 2.75) is 11.4 Å². The van der Waals surface area contributed by atoms with Crippen molar-refractivity contribution in [1.82, 2.24) is 0 Å². The lowest BCUT2D eigenvalue weighted by Gasteiger charge is -2.01. The van der Waals surface area contributed by atoms with Crippen LogP contribution in [0.1, 0.15) is 11.1 Å². The second kappa shape index (κ2) is 3.58. The van der Waals surface area contributed by atoms with Crippen LogP contribution in [0.3, 0.4) is 0 Å². The second-order valence-corrected chi connectivity index (χ2v) is 3.33. The molecule has 0 N–H and O–H groups in total. The molecule has 1 aromatic carbocycles. The fourth-order valence-corrected chi connectivity index (χ4v) is 1.82. The van der Waals surface area contributed by atoms with Crippen LogP contribution in [0, 0.1) is 6.92 Å². The molecule has 54 valence electrons. The zero-order chi connectivity index (χ0) is 7.56. The highest BCUT2D eigenvalue weighted by Crippen LogP contribution is 2.20. The van der Waals surface area contributed by atoms with E-state index in [1.54, 1.807) is 0 Å². The average molecular weight is 267 g/mol. The molecule has 0 heterocycles. The van der Waals surface area contributed by atoms with Gasteiger partial charge in [-0.3, -0.25) is 0 Å². The van der Waals surface area contributed by atoms with E-state index in [9.17, 15) is 0 Å². The van der Waals surface area contributed by atoms with E-state index in [0.29, 0.717) is 0 Å². The topological polar surface area (TPSA) is 0 Å². The van der Waals surface area contributed by atoms with Gasteiger partial charge in [0.15, 0.2) is 0 Å². The van der Waals surface area contributed by atoms with Crippen LogP contribution in [0.15, 0.2) is 18.2 Å². The third-order valence-electron chi connectivity index (χ3n) is 1.52. The summed E-state index contributed by atoms with van der Waals surface area (Å²) in [5, 5.41) is 0.870. The Balaban J connectivity index is 3.14. The first-order chi connectivity index (χ1) is 4.75. The molecule has 0 amide bonds. The normalized spacial score (nSPS) is 9.90. The molecule has 0 nitrogen and oxygen atoms in total. The van der Waals surface area contributed by atoms with Crippen molar-refractivity contribution >= 4 is 34.2 Å². The zero-order valence-electron chi connectivity index (χ0n) is 5.70. The van der Waals surface area contributed by atoms with E-state index in [1.807, 2.05) is 12.1 Å². The Hall–Kier alpha value is 0.240. The fraction of sp³-hybridized carbons (Fsp3) is 0.250. The highest BCUT2D eigenvalue weighted by Gasteiger charge is 1.98. The van der Waals surface area contributed by atoms with Gasteiger partial charge in [-0.1, -0.05) is 46.3 Å². The van der Waals surface area contributed by atoms with Crippen LogP contribution in [-0.2, 0) is 4.43 Å². The number of hydrogen-bond donors (Lipinski definition) is 0. The summed E-state index contributed by atoms with van der Waals surface area (Å²) in [5.41, 5.74) is 2.53. The Bertz CT molecular complexity index is 233. The third-order valence-corrected chi connectivity index (χ3v) is 2.76. The van der Waals surface area contributed by atoms with Crippen molar-refractivity contribution in [3.8, 4) is 0 Å². The maximum atomic E-state index is 5.89. The molecule has 0 bridgehead atoms. The first-order valence-electron chi connectivity index (χ1n) is 3.05. The van der Waals surface area contributed by atoms with E-state index in [2.05, 4.69) is 35.6 Å². The van der Waals surface area contributed by atoms with Gasteiger partial charge in [-0.05, 0) is 24.1 Å². The molecule has 2 heteroatoms. The van der Waals surface area contributed by atoms with Crippen LogP contribution in [0.4, 0.5) is 0 Å². The lowest BCUT2D eigenvalue weighted by molar-refractivity contribution is 1.33. The summed E-state index contributed by atoms with van der Waals surface area (Å²) in [6.07, 6.45) is 0. The fourth-order valence-electron chi connectivity index (χ4n) is 0.797. The Morgan fingerprint density at radius 2 is 2.20 bits per heavy atom. The van der Waals surface area contributed by atoms with Crippen LogP contribution in [-0.4, -0.2) is 0 Å². The smallest absolute Gasteiger partial charge is 0.0438 e. The lowest BCUT2D eigenvalue weighted by Crippen LogP contribution is -1.83. The molecule has 0 aliphatic rings. The molecule has 0 unspecified atom stereocenters. The van der Waals surface area contributed by atoms with Gasteiger partial charge in [0.2, 0.25) is 0 Å². The average Bonchev–Trinajstić information content (AvgIpc) is 1.95. The molecule has 0 aliphatic heterocycles. The molecule has 0 aliphatic carbocycles. The zero-order valence-corrected chi connectivity index (χ0v) is 8.61. The summed E-state index contributed by atoms with van der Waals surface area (Å²) in [4.78, 5) is 0. The van der Waals surface area contributed by atoms with Gasteiger partial charge >= 0.3 is 0 Å². The molecule has 0 atom stereocenters. The van der Waals surface area contributed by atoms with Crippen LogP contribution in [0.5, 0.6) is 0 Å². The minimum absolute atomic E-state index is 0.870. The predicted octanol–water partition coefficient (Wildman–Crippen LogP) is 3.58. The number of alkyl halides is 1. The van der Waals surface area contributed by atoms with Crippen LogP contribution < -0.4 is 0 Å². The van der Waals surface area contributed by atoms with E-state index in [1.165, 1.54) is 11.1 Å². The first kappa shape index (κ1) is 8.34. The molecule has 0 aromatic heterocycles. The van der Waals surface area contributed by atoms with Crippen LogP contribution in [0.25, 0.3) is 0 Å². The minimum atomic E-state index is 0.870. The second-order valence-electron chi connectivity index (χ2n) is 2.16. The van der Waals surface area contributed by atoms with Crippen LogP contribution in [0.2, 0.25) is 5.02 Å². The molecule has 0 fully saturated rings. The largest absolute Gasteiger partial charge is 0.0840 e. The van der Waals surface area contributed by atoms with E-state index in [0.717, 1.165) is 9.45 Å². The summed E-state index contributed by atoms with van der Waals surface area (Å²) >= 11 is 8.23. The molecular weight excluding hydrogens is 258 g/mol. The molecular formula is C8H8ClI. The summed E-state index contributed by atoms with van der Waals surface area (Å²) in [7, 11) is 0. The van der Waals surface area contributed by atoms with Gasteiger partial charge in [-0.25, -0.2) is 0 Å².